The average molecular weight is 778 g/mol. The van der Waals surface area contributed by atoms with E-state index in [-0.39, 0.29) is 30.4 Å². The zero-order chi connectivity index (χ0) is 40.2. The Bertz CT molecular complexity index is 2520. The van der Waals surface area contributed by atoms with Crippen molar-refractivity contribution < 1.29 is 33.1 Å². The minimum absolute atomic E-state index is 0.207. The van der Waals surface area contributed by atoms with E-state index in [0.29, 0.717) is 46.6 Å². The highest BCUT2D eigenvalue weighted by atomic mass is 19.1. The lowest BCUT2D eigenvalue weighted by Crippen LogP contribution is -2.44. The van der Waals surface area contributed by atoms with Gasteiger partial charge in [0.05, 0.1) is 16.6 Å². The second-order valence-corrected chi connectivity index (χ2v) is 14.5. The van der Waals surface area contributed by atoms with Gasteiger partial charge in [-0.3, -0.25) is 38.7 Å². The average Bonchev–Trinajstić information content (AvgIpc) is 3.70. The van der Waals surface area contributed by atoms with Crippen LogP contribution in [-0.4, -0.2) is 73.2 Å². The van der Waals surface area contributed by atoms with E-state index >= 15 is 0 Å². The van der Waals surface area contributed by atoms with Crippen LogP contribution in [0.25, 0.3) is 21.9 Å². The van der Waals surface area contributed by atoms with Gasteiger partial charge in [0.25, 0.3) is 12.4 Å². The van der Waals surface area contributed by atoms with Crippen LogP contribution in [0.5, 0.6) is 0 Å². The Labute approximate surface area is 325 Å². The summed E-state index contributed by atoms with van der Waals surface area (Å²) in [4.78, 5) is 61.4. The number of piperidine rings is 2. The normalized spacial score (nSPS) is 16.3. The fourth-order valence-electron chi connectivity index (χ4n) is 7.86. The van der Waals surface area contributed by atoms with Crippen LogP contribution in [0.15, 0.2) is 83.7 Å². The predicted molar refractivity (Wildman–Crippen MR) is 209 cm³/mol. The lowest BCUT2D eigenvalue weighted by Gasteiger charge is -2.32. The molecule has 2 fully saturated rings. The van der Waals surface area contributed by atoms with E-state index in [1.54, 1.807) is 11.6 Å². The maximum atomic E-state index is 13.7. The van der Waals surface area contributed by atoms with E-state index in [9.17, 15) is 28.0 Å². The van der Waals surface area contributed by atoms with Crippen LogP contribution in [0.1, 0.15) is 70.3 Å². The molecule has 2 saturated heterocycles. The van der Waals surface area contributed by atoms with Crippen molar-refractivity contribution >= 4 is 51.9 Å². The van der Waals surface area contributed by atoms with Crippen LogP contribution >= 0.6 is 0 Å². The molecule has 6 aromatic rings. The van der Waals surface area contributed by atoms with Crippen molar-refractivity contribution in [3.8, 4) is 0 Å². The number of carboxylic acid groups (broad SMARTS) is 1. The quantitative estimate of drug-likeness (QED) is 0.111. The number of aryl methyl sites for hydroxylation is 1. The smallest absolute Gasteiger partial charge is 0.329 e. The number of imide groups is 1. The van der Waals surface area contributed by atoms with Crippen molar-refractivity contribution in [2.75, 3.05) is 25.0 Å². The van der Waals surface area contributed by atoms with E-state index in [1.165, 1.54) is 22.3 Å². The number of nitrogens with zero attached hydrogens (tertiary/aromatic N) is 4. The second-order valence-electron chi connectivity index (χ2n) is 14.5. The van der Waals surface area contributed by atoms with Crippen molar-refractivity contribution in [1.29, 1.82) is 0 Å². The molecule has 8 rings (SSSR count). The fraction of sp³-hybridized carbons (Fsp3) is 0.286. The lowest BCUT2D eigenvalue weighted by molar-refractivity contribution is -0.135. The number of nitrogens with one attached hydrogen (secondary N) is 3. The first-order valence-corrected chi connectivity index (χ1v) is 18.7. The molecule has 0 radical (unpaired) electrons. The van der Waals surface area contributed by atoms with Gasteiger partial charge >= 0.3 is 5.69 Å². The highest BCUT2D eigenvalue weighted by molar-refractivity contribution is 6.08. The van der Waals surface area contributed by atoms with Gasteiger partial charge in [0, 0.05) is 37.0 Å². The Balaban J connectivity index is 0.00000160. The number of fused-ring (bicyclic) bond motifs is 2. The molecule has 3 amide bonds. The number of rotatable bonds is 9. The molecule has 57 heavy (non-hydrogen) atoms. The van der Waals surface area contributed by atoms with Crippen LogP contribution in [0.4, 0.5) is 14.6 Å². The zero-order valence-corrected chi connectivity index (χ0v) is 31.1. The summed E-state index contributed by atoms with van der Waals surface area (Å²) in [7, 11) is 1.72. The number of hydrogen-bond donors (Lipinski definition) is 4. The molecule has 0 bridgehead atoms. The van der Waals surface area contributed by atoms with Crippen LogP contribution < -0.4 is 16.3 Å². The summed E-state index contributed by atoms with van der Waals surface area (Å²) in [6.45, 7) is 2.53. The summed E-state index contributed by atoms with van der Waals surface area (Å²) in [5, 5.41) is 20.1. The molecule has 4 heterocycles. The first-order valence-electron chi connectivity index (χ1n) is 18.7. The summed E-state index contributed by atoms with van der Waals surface area (Å²) in [5.74, 6) is -1.55. The number of halogens is 2. The van der Waals surface area contributed by atoms with Crippen molar-refractivity contribution in [1.82, 2.24) is 29.5 Å². The topological polar surface area (TPSA) is 171 Å². The van der Waals surface area contributed by atoms with Crippen LogP contribution in [0.3, 0.4) is 0 Å². The lowest BCUT2D eigenvalue weighted by atomic mass is 9.89. The van der Waals surface area contributed by atoms with E-state index in [4.69, 9.17) is 9.90 Å². The van der Waals surface area contributed by atoms with E-state index in [2.05, 4.69) is 37.9 Å². The Kier molecular flexibility index (Phi) is 11.4. The Morgan fingerprint density at radius 1 is 0.895 bits per heavy atom. The molecule has 294 valence electrons. The third-order valence-electron chi connectivity index (χ3n) is 10.8. The number of carbonyl (C=O) groups excluding carboxylic acids is 3. The summed E-state index contributed by atoms with van der Waals surface area (Å²) in [5.41, 5.74) is 6.09. The van der Waals surface area contributed by atoms with Gasteiger partial charge in [-0.15, -0.1) is 0 Å². The van der Waals surface area contributed by atoms with Gasteiger partial charge in [0.15, 0.2) is 5.82 Å². The van der Waals surface area contributed by atoms with Gasteiger partial charge in [-0.05, 0) is 122 Å². The first-order chi connectivity index (χ1) is 27.5. The minimum atomic E-state index is -0.699. The van der Waals surface area contributed by atoms with E-state index < -0.39 is 23.6 Å². The molecule has 1 atom stereocenters. The minimum Gasteiger partial charge on any atom is -0.483 e. The summed E-state index contributed by atoms with van der Waals surface area (Å²) < 4.78 is 30.5. The Hall–Kier alpha value is -6.48. The molecule has 15 heteroatoms. The van der Waals surface area contributed by atoms with Gasteiger partial charge < -0.3 is 15.3 Å². The number of likely N-dealkylation sites (tertiary alicyclic amines) is 1. The number of aromatic amines is 1. The zero-order valence-electron chi connectivity index (χ0n) is 31.1. The SMILES string of the molecule is Cn1c(=O)n(C2CCC(=O)NC2=O)c2ccc(C3CCN(CCc4ccc(C(=O)Nc5n[nH]c6ccc(Cc7cc(F)cc(F)c7)cc56)cc4)CC3)cc21.O=CO. The highest BCUT2D eigenvalue weighted by Crippen LogP contribution is 2.32. The molecule has 2 aliphatic heterocycles. The third kappa shape index (κ3) is 8.53. The number of anilines is 1. The Morgan fingerprint density at radius 3 is 2.30 bits per heavy atom. The molecular weight excluding hydrogens is 737 g/mol. The number of benzene rings is 4. The van der Waals surface area contributed by atoms with Crippen LogP contribution in [-0.2, 0) is 34.3 Å². The second kappa shape index (κ2) is 16.7. The van der Waals surface area contributed by atoms with Gasteiger partial charge in [-0.25, -0.2) is 13.6 Å². The molecule has 0 aliphatic carbocycles. The van der Waals surface area contributed by atoms with Crippen LogP contribution in [0.2, 0.25) is 0 Å². The van der Waals surface area contributed by atoms with Crippen LogP contribution in [0, 0.1) is 11.6 Å². The van der Waals surface area contributed by atoms with Crippen molar-refractivity contribution in [3.63, 3.8) is 0 Å². The standard InChI is InChI=1S/C41H39F2N7O4.CH2O2/c1-48-36-22-29(7-9-34(36)50(41(48)54)35-10-11-37(51)44-40(35)53)27-13-16-49(17-14-27)15-12-24-2-5-28(6-3-24)39(52)45-38-32-21-25(4-8-33(32)46-47-38)18-26-19-30(42)23-31(43)20-26;2-1-3/h2-9,19-23,27,35H,10-18H2,1H3,(H,44,51,53)(H2,45,46,47,52);1H,(H,2,3). The number of carbonyl (C=O) groups is 4. The van der Waals surface area contributed by atoms with Crippen molar-refractivity contribution in [2.24, 2.45) is 7.05 Å². The molecule has 0 saturated carbocycles. The summed E-state index contributed by atoms with van der Waals surface area (Å²) in [6, 6.07) is 21.9. The molecule has 13 nitrogen and oxygen atoms in total. The van der Waals surface area contributed by atoms with Crippen molar-refractivity contribution in [3.05, 3.63) is 129 Å². The fourth-order valence-corrected chi connectivity index (χ4v) is 7.86. The van der Waals surface area contributed by atoms with E-state index in [0.717, 1.165) is 67.1 Å². The predicted octanol–water partition coefficient (Wildman–Crippen LogP) is 5.44. The maximum absolute atomic E-state index is 13.7. The molecule has 2 aliphatic rings. The number of hydrogen-bond acceptors (Lipinski definition) is 7. The van der Waals surface area contributed by atoms with E-state index in [1.807, 2.05) is 48.5 Å². The van der Waals surface area contributed by atoms with Gasteiger partial charge in [-0.1, -0.05) is 24.3 Å². The number of H-pyrrole nitrogens is 1. The molecule has 4 aromatic carbocycles. The summed E-state index contributed by atoms with van der Waals surface area (Å²) >= 11 is 0. The van der Waals surface area contributed by atoms with Gasteiger partial charge in [0.1, 0.15) is 17.7 Å². The number of amides is 3. The Morgan fingerprint density at radius 2 is 1.60 bits per heavy atom. The molecule has 1 unspecified atom stereocenters. The largest absolute Gasteiger partial charge is 0.483 e. The monoisotopic (exact) mass is 777 g/mol. The maximum Gasteiger partial charge on any atom is 0.329 e. The third-order valence-corrected chi connectivity index (χ3v) is 10.8. The molecule has 4 N–H and O–H groups in total. The highest BCUT2D eigenvalue weighted by Gasteiger charge is 2.31. The van der Waals surface area contributed by atoms with Crippen molar-refractivity contribution in [2.45, 2.75) is 50.5 Å². The summed E-state index contributed by atoms with van der Waals surface area (Å²) in [6.07, 6.45) is 3.66. The number of imidazole rings is 1. The first kappa shape index (κ1) is 38.8. The number of aromatic nitrogens is 4. The van der Waals surface area contributed by atoms with Gasteiger partial charge in [0.2, 0.25) is 11.8 Å². The molecular formula is C42H41F2N7O6. The molecule has 2 aromatic heterocycles. The van der Waals surface area contributed by atoms with Gasteiger partial charge in [-0.2, -0.15) is 5.10 Å². The molecule has 0 spiro atoms.